The second-order valence-electron chi connectivity index (χ2n) is 5.83. The first kappa shape index (κ1) is 15.9. The summed E-state index contributed by atoms with van der Waals surface area (Å²) in [6.07, 6.45) is 1.48. The molecule has 0 aliphatic rings. The van der Waals surface area contributed by atoms with Gasteiger partial charge in [-0.1, -0.05) is 6.07 Å². The van der Waals surface area contributed by atoms with Gasteiger partial charge in [0.1, 0.15) is 11.5 Å². The van der Waals surface area contributed by atoms with Gasteiger partial charge in [-0.25, -0.2) is 15.0 Å². The minimum atomic E-state index is 0. The number of hydrogen-bond donors (Lipinski definition) is 2. The van der Waals surface area contributed by atoms with Crippen molar-refractivity contribution in [2.75, 3.05) is 12.8 Å². The lowest BCUT2D eigenvalue weighted by Crippen LogP contribution is -2.00. The number of nitrogens with two attached hydrogens (primary N) is 1. The van der Waals surface area contributed by atoms with Crippen LogP contribution in [0.4, 0.5) is 5.82 Å². The number of anilines is 1. The molecule has 7 nitrogen and oxygen atoms in total. The molecule has 4 rings (SSSR count). The van der Waals surface area contributed by atoms with Gasteiger partial charge >= 0.3 is 0 Å². The first-order valence-corrected chi connectivity index (χ1v) is 8.03. The van der Waals surface area contributed by atoms with Crippen LogP contribution in [0.1, 0.15) is 8.42 Å². The Balaban J connectivity index is 0.00000140. The third-order valence-electron chi connectivity index (χ3n) is 3.92. The Bertz CT molecular complexity index is 1080. The molecule has 4 aromatic rings. The van der Waals surface area contributed by atoms with Gasteiger partial charge in [-0.2, -0.15) is 0 Å². The van der Waals surface area contributed by atoms with E-state index in [0.29, 0.717) is 23.1 Å². The van der Waals surface area contributed by atoms with E-state index >= 15 is 0 Å². The molecule has 0 radical (unpaired) electrons. The van der Waals surface area contributed by atoms with Gasteiger partial charge in [0.15, 0.2) is 17.3 Å². The number of nitrogens with zero attached hydrogens (tertiary/aromatic N) is 3. The summed E-state index contributed by atoms with van der Waals surface area (Å²) in [7, 11) is 1.61. The zero-order valence-electron chi connectivity index (χ0n) is 14.4. The number of aryl methyl sites for hydroxylation is 1. The molecule has 2 aromatic heterocycles. The van der Waals surface area contributed by atoms with Gasteiger partial charge in [0.2, 0.25) is 5.88 Å². The van der Waals surface area contributed by atoms with E-state index in [1.54, 1.807) is 19.2 Å². The predicted molar refractivity (Wildman–Crippen MR) is 104 cm³/mol. The lowest BCUT2D eigenvalue weighted by molar-refractivity contribution is 0.412. The average molecular weight is 351 g/mol. The number of imidazole rings is 1. The van der Waals surface area contributed by atoms with Crippen molar-refractivity contribution in [2.45, 2.75) is 6.92 Å². The Hall–Kier alpha value is -3.61. The molecule has 7 heteroatoms. The van der Waals surface area contributed by atoms with Crippen LogP contribution in [0, 0.1) is 6.92 Å². The van der Waals surface area contributed by atoms with Gasteiger partial charge in [-0.05, 0) is 48.9 Å². The van der Waals surface area contributed by atoms with Gasteiger partial charge in [-0.3, -0.25) is 0 Å². The van der Waals surface area contributed by atoms with E-state index in [0.717, 1.165) is 22.3 Å². The van der Waals surface area contributed by atoms with Crippen molar-refractivity contribution in [1.82, 2.24) is 19.9 Å². The average Bonchev–Trinajstić information content (AvgIpc) is 3.07. The third-order valence-corrected chi connectivity index (χ3v) is 3.92. The molecule has 0 aliphatic carbocycles. The molecule has 0 saturated carbocycles. The quantitative estimate of drug-likeness (QED) is 0.571. The molecule has 134 valence electrons. The molecule has 2 aromatic carbocycles. The van der Waals surface area contributed by atoms with Crippen molar-refractivity contribution < 1.29 is 12.3 Å². The second-order valence-corrected chi connectivity index (χ2v) is 5.83. The van der Waals surface area contributed by atoms with Gasteiger partial charge in [0, 0.05) is 2.85 Å². The molecule has 0 fully saturated rings. The molecule has 0 atom stereocenters. The number of rotatable bonds is 4. The van der Waals surface area contributed by atoms with Crippen molar-refractivity contribution >= 4 is 16.9 Å². The number of benzene rings is 2. The van der Waals surface area contributed by atoms with Gasteiger partial charge in [0.05, 0.1) is 24.3 Å². The number of nitrogens with one attached hydrogen (secondary N) is 1. The lowest BCUT2D eigenvalue weighted by atomic mass is 10.2. The molecule has 0 bridgehead atoms. The molecular weight excluding hydrogens is 330 g/mol. The predicted octanol–water partition coefficient (Wildman–Crippen LogP) is 4.20. The highest BCUT2D eigenvalue weighted by Gasteiger charge is 2.13. The van der Waals surface area contributed by atoms with Gasteiger partial charge < -0.3 is 20.2 Å². The Kier molecular flexibility index (Phi) is 3.89. The molecule has 0 saturated heterocycles. The number of aromatic amines is 1. The summed E-state index contributed by atoms with van der Waals surface area (Å²) in [5, 5.41) is 0. The second kappa shape index (κ2) is 6.36. The summed E-state index contributed by atoms with van der Waals surface area (Å²) >= 11 is 0. The summed E-state index contributed by atoms with van der Waals surface area (Å²) in [6, 6.07) is 13.2. The molecule has 0 unspecified atom stereocenters. The van der Waals surface area contributed by atoms with E-state index in [1.165, 1.54) is 6.20 Å². The number of nitrogen functional groups attached to an aromatic ring is 1. The highest BCUT2D eigenvalue weighted by molar-refractivity contribution is 5.81. The Labute approximate surface area is 152 Å². The number of H-pyrrole nitrogens is 1. The van der Waals surface area contributed by atoms with E-state index in [9.17, 15) is 0 Å². The fourth-order valence-electron chi connectivity index (χ4n) is 2.61. The van der Waals surface area contributed by atoms with Crippen molar-refractivity contribution in [3.63, 3.8) is 0 Å². The smallest absolute Gasteiger partial charge is 0.238 e. The summed E-state index contributed by atoms with van der Waals surface area (Å²) in [4.78, 5) is 16.4. The normalized spacial score (nSPS) is 10.8. The van der Waals surface area contributed by atoms with Crippen molar-refractivity contribution in [2.24, 2.45) is 0 Å². The van der Waals surface area contributed by atoms with Crippen LogP contribution in [-0.2, 0) is 0 Å². The van der Waals surface area contributed by atoms with E-state index < -0.39 is 0 Å². The maximum absolute atomic E-state index is 6.00. The molecule has 0 spiro atoms. The summed E-state index contributed by atoms with van der Waals surface area (Å²) in [5.74, 6) is 2.53. The highest BCUT2D eigenvalue weighted by Crippen LogP contribution is 2.27. The fourth-order valence-corrected chi connectivity index (χ4v) is 2.61. The van der Waals surface area contributed by atoms with E-state index in [1.807, 2.05) is 37.3 Å². The Morgan fingerprint density at radius 2 is 1.81 bits per heavy atom. The number of methoxy groups -OCH3 is 1. The Morgan fingerprint density at radius 3 is 2.58 bits per heavy atom. The highest BCUT2D eigenvalue weighted by atomic mass is 16.5. The van der Waals surface area contributed by atoms with Gasteiger partial charge in [0.25, 0.3) is 0 Å². The van der Waals surface area contributed by atoms with Crippen LogP contribution in [0.5, 0.6) is 17.4 Å². The minimum Gasteiger partial charge on any atom is -0.497 e. The molecule has 0 aliphatic heterocycles. The van der Waals surface area contributed by atoms with Crippen LogP contribution in [0.15, 0.2) is 48.7 Å². The van der Waals surface area contributed by atoms with E-state index in [2.05, 4.69) is 19.9 Å². The topological polar surface area (TPSA) is 98.9 Å². The molecule has 0 amide bonds. The third kappa shape index (κ3) is 3.02. The van der Waals surface area contributed by atoms with Crippen LogP contribution in [0.3, 0.4) is 0 Å². The van der Waals surface area contributed by atoms with Gasteiger partial charge in [-0.15, -0.1) is 0 Å². The van der Waals surface area contributed by atoms with Crippen LogP contribution >= 0.6 is 0 Å². The Morgan fingerprint density at radius 1 is 1.04 bits per heavy atom. The standard InChI is InChI=1S/C19H17N5O2.2H2/c1-11-3-8-14-15(9-11)23-19(22-14)17-18(20)21-10-16(24-17)26-13-6-4-12(25-2)5-7-13;;/h3-10H,1-2H3,(H2,20,21)(H,22,23);2*1H. The summed E-state index contributed by atoms with van der Waals surface area (Å²) < 4.78 is 10.9. The van der Waals surface area contributed by atoms with Crippen LogP contribution in [-0.4, -0.2) is 27.0 Å². The summed E-state index contributed by atoms with van der Waals surface area (Å²) in [5.41, 5.74) is 9.35. The maximum Gasteiger partial charge on any atom is 0.238 e. The number of hydrogen-bond acceptors (Lipinski definition) is 6. The summed E-state index contributed by atoms with van der Waals surface area (Å²) in [6.45, 7) is 2.03. The van der Waals surface area contributed by atoms with E-state index in [-0.39, 0.29) is 8.67 Å². The van der Waals surface area contributed by atoms with Crippen LogP contribution < -0.4 is 15.2 Å². The molecular formula is C19H21N5O2. The number of aromatic nitrogens is 4. The molecule has 2 heterocycles. The van der Waals surface area contributed by atoms with Crippen LogP contribution in [0.2, 0.25) is 0 Å². The van der Waals surface area contributed by atoms with Crippen molar-refractivity contribution in [3.05, 3.63) is 54.2 Å². The zero-order valence-corrected chi connectivity index (χ0v) is 14.4. The minimum absolute atomic E-state index is 0. The largest absolute Gasteiger partial charge is 0.497 e. The SMILES string of the molecule is COc1ccc(Oc2cnc(N)c(-c3nc4ccc(C)cc4[nH]3)n2)cc1.[HH].[HH]. The zero-order chi connectivity index (χ0) is 18.1. The number of ether oxygens (including phenoxy) is 2. The van der Waals surface area contributed by atoms with E-state index in [4.69, 9.17) is 15.2 Å². The molecule has 3 N–H and O–H groups in total. The number of fused-ring (bicyclic) bond motifs is 1. The lowest BCUT2D eigenvalue weighted by Gasteiger charge is -2.07. The monoisotopic (exact) mass is 351 g/mol. The maximum atomic E-state index is 6.00. The first-order valence-electron chi connectivity index (χ1n) is 8.03. The van der Waals surface area contributed by atoms with Crippen molar-refractivity contribution in [1.29, 1.82) is 0 Å². The fraction of sp³-hybridized carbons (Fsp3) is 0.105. The van der Waals surface area contributed by atoms with Crippen molar-refractivity contribution in [3.8, 4) is 28.9 Å². The first-order chi connectivity index (χ1) is 12.6. The van der Waals surface area contributed by atoms with Crippen LogP contribution in [0.25, 0.3) is 22.6 Å². The molecule has 26 heavy (non-hydrogen) atoms.